The fourth-order valence-corrected chi connectivity index (χ4v) is 2.70. The molecule has 0 bridgehead atoms. The Labute approximate surface area is 118 Å². The van der Waals surface area contributed by atoms with Crippen LogP contribution in [-0.2, 0) is 0 Å². The summed E-state index contributed by atoms with van der Waals surface area (Å²) in [6.07, 6.45) is 1.66. The van der Waals surface area contributed by atoms with Gasteiger partial charge in [0.1, 0.15) is 0 Å². The Morgan fingerprint density at radius 3 is 2.60 bits per heavy atom. The highest BCUT2D eigenvalue weighted by molar-refractivity contribution is 5.83. The van der Waals surface area contributed by atoms with E-state index >= 15 is 0 Å². The van der Waals surface area contributed by atoms with E-state index in [-0.39, 0.29) is 16.7 Å². The molecule has 1 aliphatic rings. The van der Waals surface area contributed by atoms with Crippen LogP contribution >= 0.6 is 0 Å². The van der Waals surface area contributed by atoms with Crippen LogP contribution < -0.4 is 4.90 Å². The van der Waals surface area contributed by atoms with Gasteiger partial charge >= 0.3 is 0 Å². The molecule has 0 saturated carbocycles. The van der Waals surface area contributed by atoms with Crippen LogP contribution in [0, 0.1) is 21.4 Å². The van der Waals surface area contributed by atoms with E-state index in [1.165, 1.54) is 6.07 Å². The zero-order chi connectivity index (χ0) is 14.9. The summed E-state index contributed by atoms with van der Waals surface area (Å²) in [5.74, 6) is 0.595. The lowest BCUT2D eigenvalue weighted by Gasteiger charge is -2.27. The Morgan fingerprint density at radius 2 is 2.10 bits per heavy atom. The molecule has 0 aromatic heterocycles. The van der Waals surface area contributed by atoms with Crippen molar-refractivity contribution in [2.45, 2.75) is 27.2 Å². The van der Waals surface area contributed by atoms with Crippen LogP contribution in [0.1, 0.15) is 37.6 Å². The molecule has 1 aromatic carbocycles. The van der Waals surface area contributed by atoms with E-state index in [4.69, 9.17) is 0 Å². The van der Waals surface area contributed by atoms with Crippen molar-refractivity contribution in [3.8, 4) is 0 Å². The number of hydrogen-bond acceptors (Lipinski definition) is 4. The lowest BCUT2D eigenvalue weighted by atomic mass is 9.80. The summed E-state index contributed by atoms with van der Waals surface area (Å²) in [6.45, 7) is 8.55. The van der Waals surface area contributed by atoms with Crippen molar-refractivity contribution in [1.29, 1.82) is 0 Å². The molecule has 0 amide bonds. The molecule has 1 atom stereocenters. The number of carbonyl (C=O) groups is 1. The van der Waals surface area contributed by atoms with Gasteiger partial charge < -0.3 is 4.90 Å². The second-order valence-corrected chi connectivity index (χ2v) is 6.42. The standard InChI is InChI=1S/C15H20N2O3/c1-15(2,3)12-6-7-16(9-12)13-4-5-14(17(19)20)11(8-13)10-18/h4-5,8,10,12H,6-7,9H2,1-3H3. The molecule has 5 heteroatoms. The first-order valence-electron chi connectivity index (χ1n) is 6.81. The normalized spacial score (nSPS) is 19.1. The molecule has 108 valence electrons. The van der Waals surface area contributed by atoms with E-state index < -0.39 is 4.92 Å². The molecule has 0 N–H and O–H groups in total. The van der Waals surface area contributed by atoms with E-state index in [9.17, 15) is 14.9 Å². The Kier molecular flexibility index (Phi) is 3.79. The zero-order valence-corrected chi connectivity index (χ0v) is 12.1. The highest BCUT2D eigenvalue weighted by Gasteiger charge is 2.32. The third-order valence-corrected chi connectivity index (χ3v) is 4.11. The van der Waals surface area contributed by atoms with Gasteiger partial charge in [-0.3, -0.25) is 14.9 Å². The lowest BCUT2D eigenvalue weighted by Crippen LogP contribution is -2.25. The van der Waals surface area contributed by atoms with Crippen molar-refractivity contribution >= 4 is 17.7 Å². The Balaban J connectivity index is 2.23. The second kappa shape index (κ2) is 5.23. The van der Waals surface area contributed by atoms with Crippen LogP contribution in [0.3, 0.4) is 0 Å². The van der Waals surface area contributed by atoms with Crippen molar-refractivity contribution in [2.24, 2.45) is 11.3 Å². The van der Waals surface area contributed by atoms with Gasteiger partial charge in [-0.05, 0) is 29.9 Å². The Morgan fingerprint density at radius 1 is 1.40 bits per heavy atom. The average Bonchev–Trinajstić information content (AvgIpc) is 2.87. The fourth-order valence-electron chi connectivity index (χ4n) is 2.70. The summed E-state index contributed by atoms with van der Waals surface area (Å²) in [4.78, 5) is 23.5. The van der Waals surface area contributed by atoms with Gasteiger partial charge in [-0.2, -0.15) is 0 Å². The lowest BCUT2D eigenvalue weighted by molar-refractivity contribution is -0.385. The molecule has 1 unspecified atom stereocenters. The monoisotopic (exact) mass is 276 g/mol. The molecule has 2 rings (SSSR count). The number of nitrogens with zero attached hydrogens (tertiary/aromatic N) is 2. The summed E-state index contributed by atoms with van der Waals surface area (Å²) in [7, 11) is 0. The third-order valence-electron chi connectivity index (χ3n) is 4.11. The summed E-state index contributed by atoms with van der Waals surface area (Å²) in [6, 6.07) is 4.77. The van der Waals surface area contributed by atoms with E-state index in [2.05, 4.69) is 25.7 Å². The number of anilines is 1. The number of hydrogen-bond donors (Lipinski definition) is 0. The summed E-state index contributed by atoms with van der Waals surface area (Å²) < 4.78 is 0. The fraction of sp³-hybridized carbons (Fsp3) is 0.533. The minimum absolute atomic E-state index is 0.129. The van der Waals surface area contributed by atoms with Crippen molar-refractivity contribution in [3.05, 3.63) is 33.9 Å². The van der Waals surface area contributed by atoms with Gasteiger partial charge in [-0.1, -0.05) is 20.8 Å². The second-order valence-electron chi connectivity index (χ2n) is 6.42. The van der Waals surface area contributed by atoms with Crippen LogP contribution in [0.15, 0.2) is 18.2 Å². The van der Waals surface area contributed by atoms with Crippen LogP contribution in [0.2, 0.25) is 0 Å². The number of carbonyl (C=O) groups excluding carboxylic acids is 1. The molecule has 1 aliphatic heterocycles. The molecule has 0 aliphatic carbocycles. The van der Waals surface area contributed by atoms with Gasteiger partial charge in [-0.15, -0.1) is 0 Å². The predicted octanol–water partition coefficient (Wildman–Crippen LogP) is 3.28. The molecule has 0 radical (unpaired) electrons. The number of nitro groups is 1. The predicted molar refractivity (Wildman–Crippen MR) is 78.3 cm³/mol. The first-order valence-corrected chi connectivity index (χ1v) is 6.81. The number of rotatable bonds is 3. The maximum atomic E-state index is 11.0. The quantitative estimate of drug-likeness (QED) is 0.483. The van der Waals surface area contributed by atoms with Gasteiger partial charge in [0.05, 0.1) is 10.5 Å². The molecule has 5 nitrogen and oxygen atoms in total. The van der Waals surface area contributed by atoms with Gasteiger partial charge in [-0.25, -0.2) is 0 Å². The maximum absolute atomic E-state index is 11.0. The highest BCUT2D eigenvalue weighted by atomic mass is 16.6. The number of nitro benzene ring substituents is 1. The topological polar surface area (TPSA) is 63.4 Å². The largest absolute Gasteiger partial charge is 0.371 e. The SMILES string of the molecule is CC(C)(C)C1CCN(c2ccc([N+](=O)[O-])c(C=O)c2)C1. The Hall–Kier alpha value is -1.91. The van der Waals surface area contributed by atoms with Gasteiger partial charge in [0.15, 0.2) is 6.29 Å². The molecule has 20 heavy (non-hydrogen) atoms. The van der Waals surface area contributed by atoms with Crippen molar-refractivity contribution in [3.63, 3.8) is 0 Å². The molecule has 1 fully saturated rings. The molecule has 0 spiro atoms. The summed E-state index contributed by atoms with van der Waals surface area (Å²) in [5.41, 5.74) is 1.16. The smallest absolute Gasteiger partial charge is 0.280 e. The average molecular weight is 276 g/mol. The van der Waals surface area contributed by atoms with E-state index in [0.717, 1.165) is 25.2 Å². The Bertz CT molecular complexity index is 534. The van der Waals surface area contributed by atoms with Crippen LogP contribution in [0.5, 0.6) is 0 Å². The van der Waals surface area contributed by atoms with Crippen molar-refractivity contribution in [1.82, 2.24) is 0 Å². The van der Waals surface area contributed by atoms with Crippen LogP contribution in [0.25, 0.3) is 0 Å². The number of benzene rings is 1. The maximum Gasteiger partial charge on any atom is 0.280 e. The molecular weight excluding hydrogens is 256 g/mol. The van der Waals surface area contributed by atoms with E-state index in [0.29, 0.717) is 12.2 Å². The zero-order valence-electron chi connectivity index (χ0n) is 12.1. The van der Waals surface area contributed by atoms with Crippen LogP contribution in [0.4, 0.5) is 11.4 Å². The third kappa shape index (κ3) is 2.81. The van der Waals surface area contributed by atoms with Gasteiger partial charge in [0.2, 0.25) is 0 Å². The first-order chi connectivity index (χ1) is 9.32. The summed E-state index contributed by atoms with van der Waals surface area (Å²) >= 11 is 0. The summed E-state index contributed by atoms with van der Waals surface area (Å²) in [5, 5.41) is 10.8. The number of aldehydes is 1. The van der Waals surface area contributed by atoms with Gasteiger partial charge in [0, 0.05) is 24.8 Å². The minimum Gasteiger partial charge on any atom is -0.371 e. The molecular formula is C15H20N2O3. The minimum atomic E-state index is -0.518. The molecule has 1 heterocycles. The van der Waals surface area contributed by atoms with Crippen molar-refractivity contribution in [2.75, 3.05) is 18.0 Å². The van der Waals surface area contributed by atoms with Gasteiger partial charge in [0.25, 0.3) is 5.69 Å². The van der Waals surface area contributed by atoms with Crippen molar-refractivity contribution < 1.29 is 9.72 Å². The van der Waals surface area contributed by atoms with Crippen LogP contribution in [-0.4, -0.2) is 24.3 Å². The first kappa shape index (κ1) is 14.5. The highest BCUT2D eigenvalue weighted by Crippen LogP contribution is 2.36. The van der Waals surface area contributed by atoms with E-state index in [1.54, 1.807) is 12.1 Å². The molecule has 1 saturated heterocycles. The molecule has 1 aromatic rings. The van der Waals surface area contributed by atoms with E-state index in [1.807, 2.05) is 0 Å².